The minimum absolute atomic E-state index is 0.162. The van der Waals surface area contributed by atoms with Gasteiger partial charge in [0, 0.05) is 25.1 Å². The van der Waals surface area contributed by atoms with Crippen LogP contribution in [-0.2, 0) is 24.4 Å². The third-order valence-electron chi connectivity index (χ3n) is 9.25. The number of allylic oxidation sites excluding steroid dienone is 1. The maximum Gasteiger partial charge on any atom is 0.316 e. The number of carbonyl (C=O) groups is 3. The highest BCUT2D eigenvalue weighted by Gasteiger charge is 2.62. The maximum atomic E-state index is 14.0. The molecule has 2 N–H and O–H groups in total. The second-order valence-corrected chi connectivity index (χ2v) is 14.5. The van der Waals surface area contributed by atoms with Gasteiger partial charge in [-0.3, -0.25) is 19.1 Å². The normalized spacial score (nSPS) is 29.4. The van der Waals surface area contributed by atoms with Gasteiger partial charge in [0.1, 0.15) is 17.3 Å². The molecule has 2 heterocycles. The number of benzene rings is 1. The summed E-state index contributed by atoms with van der Waals surface area (Å²) in [6.07, 6.45) is 9.07. The summed E-state index contributed by atoms with van der Waals surface area (Å²) >= 11 is 0. The number of fused-ring (bicyclic) bond motifs is 2. The molecule has 1 aliphatic heterocycles. The number of aromatic nitrogens is 2. The second kappa shape index (κ2) is 12.4. The lowest BCUT2D eigenvalue weighted by atomic mass is 9.93. The molecule has 12 nitrogen and oxygen atoms in total. The predicted octanol–water partition coefficient (Wildman–Crippen LogP) is 2.61. The quantitative estimate of drug-likeness (QED) is 0.436. The van der Waals surface area contributed by atoms with E-state index in [-0.39, 0.29) is 37.1 Å². The van der Waals surface area contributed by atoms with E-state index in [1.165, 1.54) is 13.3 Å². The predicted molar refractivity (Wildman–Crippen MR) is 164 cm³/mol. The van der Waals surface area contributed by atoms with Crippen LogP contribution in [0.2, 0.25) is 0 Å². The fraction of sp³-hybridized carbons (Fsp3) is 0.531. The number of rotatable bonds is 7. The summed E-state index contributed by atoms with van der Waals surface area (Å²) in [5, 5.41) is 2.34. The third kappa shape index (κ3) is 6.54. The molecule has 3 amide bonds. The number of nitrogens with zero attached hydrogens (tertiary/aromatic N) is 3. The van der Waals surface area contributed by atoms with Crippen molar-refractivity contribution in [2.24, 2.45) is 17.8 Å². The highest BCUT2D eigenvalue weighted by atomic mass is 32.2. The van der Waals surface area contributed by atoms with Crippen molar-refractivity contribution < 1.29 is 32.3 Å². The summed E-state index contributed by atoms with van der Waals surface area (Å²) in [5.41, 5.74) is -0.0725. The molecule has 0 spiro atoms. The van der Waals surface area contributed by atoms with Gasteiger partial charge in [0.05, 0.1) is 30.4 Å². The number of sulfonamides is 1. The molecule has 0 bridgehead atoms. The average Bonchev–Trinajstić information content (AvgIpc) is 3.96. The van der Waals surface area contributed by atoms with Crippen LogP contribution < -0.4 is 19.5 Å². The van der Waals surface area contributed by atoms with Crippen LogP contribution in [0.5, 0.6) is 11.8 Å². The highest BCUT2D eigenvalue weighted by molar-refractivity contribution is 7.91. The average molecular weight is 638 g/mol. The van der Waals surface area contributed by atoms with Crippen molar-refractivity contribution in [1.29, 1.82) is 0 Å². The lowest BCUT2D eigenvalue weighted by molar-refractivity contribution is -0.140. The molecule has 6 rings (SSSR count). The zero-order valence-electron chi connectivity index (χ0n) is 25.5. The Morgan fingerprint density at radius 2 is 1.87 bits per heavy atom. The molecule has 3 saturated carbocycles. The van der Waals surface area contributed by atoms with Crippen molar-refractivity contribution in [3.63, 3.8) is 0 Å². The van der Waals surface area contributed by atoms with E-state index in [1.807, 2.05) is 42.5 Å². The van der Waals surface area contributed by atoms with Gasteiger partial charge >= 0.3 is 6.01 Å². The Morgan fingerprint density at radius 3 is 2.60 bits per heavy atom. The Morgan fingerprint density at radius 1 is 1.11 bits per heavy atom. The lowest BCUT2D eigenvalue weighted by Crippen LogP contribution is -2.54. The maximum absolute atomic E-state index is 14.0. The van der Waals surface area contributed by atoms with E-state index in [2.05, 4.69) is 20.0 Å². The van der Waals surface area contributed by atoms with Crippen LogP contribution in [0.25, 0.3) is 11.3 Å². The summed E-state index contributed by atoms with van der Waals surface area (Å²) < 4.78 is 39.2. The zero-order valence-corrected chi connectivity index (χ0v) is 26.3. The molecule has 0 saturated heterocycles. The number of carbonyl (C=O) groups excluding carboxylic acids is 3. The number of ether oxygens (including phenoxy) is 2. The van der Waals surface area contributed by atoms with E-state index >= 15 is 0 Å². The molecule has 4 aliphatic rings. The van der Waals surface area contributed by atoms with E-state index in [0.29, 0.717) is 30.8 Å². The van der Waals surface area contributed by atoms with Gasteiger partial charge in [-0.05, 0) is 51.4 Å². The number of nitrogens with one attached hydrogen (secondary N) is 2. The van der Waals surface area contributed by atoms with E-state index < -0.39 is 50.6 Å². The Hall–Kier alpha value is -4.00. The first-order valence-electron chi connectivity index (χ1n) is 15.5. The fourth-order valence-corrected chi connectivity index (χ4v) is 7.78. The highest BCUT2D eigenvalue weighted by Crippen LogP contribution is 2.47. The van der Waals surface area contributed by atoms with Crippen LogP contribution >= 0.6 is 0 Å². The first-order chi connectivity index (χ1) is 21.6. The summed E-state index contributed by atoms with van der Waals surface area (Å²) in [5.74, 6) is -2.77. The summed E-state index contributed by atoms with van der Waals surface area (Å²) in [6.45, 7) is 0.558. The molecule has 1 aromatic carbocycles. The first-order valence-corrected chi connectivity index (χ1v) is 17.1. The van der Waals surface area contributed by atoms with E-state index in [4.69, 9.17) is 9.47 Å². The van der Waals surface area contributed by atoms with Crippen molar-refractivity contribution in [2.45, 2.75) is 68.3 Å². The number of methoxy groups -OCH3 is 1. The van der Waals surface area contributed by atoms with Gasteiger partial charge in [0.25, 0.3) is 5.91 Å². The molecular formula is C32H39N5O7S. The number of hydrogen-bond donors (Lipinski definition) is 2. The Kier molecular flexibility index (Phi) is 8.55. The third-order valence-corrected chi connectivity index (χ3v) is 11.1. The van der Waals surface area contributed by atoms with Gasteiger partial charge in [0.2, 0.25) is 21.8 Å². The minimum Gasteiger partial charge on any atom is -0.486 e. The molecule has 0 unspecified atom stereocenters. The van der Waals surface area contributed by atoms with Gasteiger partial charge in [-0.25, -0.2) is 8.42 Å². The van der Waals surface area contributed by atoms with Crippen molar-refractivity contribution in [3.8, 4) is 23.0 Å². The molecule has 3 fully saturated rings. The fourth-order valence-electron chi connectivity index (χ4n) is 6.41. The van der Waals surface area contributed by atoms with Crippen LogP contribution in [0.4, 0.5) is 0 Å². The van der Waals surface area contributed by atoms with Gasteiger partial charge in [0.15, 0.2) is 5.75 Å². The van der Waals surface area contributed by atoms with Crippen LogP contribution in [0.3, 0.4) is 0 Å². The number of amides is 3. The van der Waals surface area contributed by atoms with Crippen LogP contribution in [0, 0.1) is 17.8 Å². The van der Waals surface area contributed by atoms with Crippen molar-refractivity contribution in [3.05, 3.63) is 48.7 Å². The monoisotopic (exact) mass is 637 g/mol. The molecule has 1 aromatic heterocycles. The Bertz CT molecular complexity index is 1600. The summed E-state index contributed by atoms with van der Waals surface area (Å²) in [6, 6.07) is 9.62. The first kappa shape index (κ1) is 31.0. The molecule has 45 heavy (non-hydrogen) atoms. The molecule has 13 heteroatoms. The number of hydrogen-bond acceptors (Lipinski definition) is 9. The zero-order chi connectivity index (χ0) is 31.8. The SMILES string of the molecule is COc1ncc(O[C@@H]2C[C@H]3C(=O)N[C@@]4(C(=O)NS(=O)(=O)C5CC5)C[C@@H]4/C=C/CCCCN(C)C(=O)[C@@H]3C2)c(-c2ccccc2)n1. The van der Waals surface area contributed by atoms with Crippen molar-refractivity contribution >= 4 is 27.7 Å². The van der Waals surface area contributed by atoms with Crippen LogP contribution in [0.1, 0.15) is 51.4 Å². The molecule has 3 aliphatic carbocycles. The molecule has 240 valence electrons. The van der Waals surface area contributed by atoms with Crippen molar-refractivity contribution in [1.82, 2.24) is 24.9 Å². The molecular weight excluding hydrogens is 598 g/mol. The molecule has 0 radical (unpaired) electrons. The van der Waals surface area contributed by atoms with E-state index in [9.17, 15) is 22.8 Å². The van der Waals surface area contributed by atoms with E-state index in [1.54, 1.807) is 11.9 Å². The minimum atomic E-state index is -3.81. The largest absolute Gasteiger partial charge is 0.486 e. The second-order valence-electron chi connectivity index (χ2n) is 12.5. The smallest absolute Gasteiger partial charge is 0.316 e. The van der Waals surface area contributed by atoms with Gasteiger partial charge in [-0.1, -0.05) is 42.5 Å². The van der Waals surface area contributed by atoms with E-state index in [0.717, 1.165) is 24.8 Å². The van der Waals surface area contributed by atoms with Crippen molar-refractivity contribution in [2.75, 3.05) is 20.7 Å². The summed E-state index contributed by atoms with van der Waals surface area (Å²) in [7, 11) is -0.589. The van der Waals surface area contributed by atoms with Gasteiger partial charge < -0.3 is 19.7 Å². The van der Waals surface area contributed by atoms with Crippen LogP contribution in [0.15, 0.2) is 48.7 Å². The Labute approximate surface area is 263 Å². The van der Waals surface area contributed by atoms with Gasteiger partial charge in [-0.15, -0.1) is 0 Å². The molecule has 2 aromatic rings. The Balaban J connectivity index is 1.27. The molecule has 5 atom stereocenters. The standard InChI is InChI=1S/C32H39N5O7S/c1-37-15-9-4-3-8-12-21-18-32(21,30(40)36-45(41,42)23-13-14-23)35-28(38)24-16-22(17-25(24)29(37)39)44-26-19-33-31(43-2)34-27(26)20-10-6-5-7-11-20/h5-8,10-12,19,21-25H,3-4,9,13-18H2,1-2H3,(H,35,38)(H,36,40)/b12-8+/t21-,22+,24+,25+,32-/m0/s1. The summed E-state index contributed by atoms with van der Waals surface area (Å²) in [4.78, 5) is 51.6. The topological polar surface area (TPSA) is 157 Å². The van der Waals surface area contributed by atoms with Gasteiger partial charge in [-0.2, -0.15) is 9.97 Å². The van der Waals surface area contributed by atoms with Crippen LogP contribution in [-0.4, -0.2) is 78.6 Å². The lowest BCUT2D eigenvalue weighted by Gasteiger charge is -2.26.